The molecular weight excluding hydrogens is 240 g/mol. The zero-order valence-corrected chi connectivity index (χ0v) is 10.9. The second-order valence-corrected chi connectivity index (χ2v) is 5.11. The van der Waals surface area contributed by atoms with E-state index in [2.05, 4.69) is 0 Å². The fourth-order valence-corrected chi connectivity index (χ4v) is 2.78. The molecule has 2 aliphatic carbocycles. The molecule has 2 aliphatic rings. The molecule has 3 nitrogen and oxygen atoms in total. The summed E-state index contributed by atoms with van der Waals surface area (Å²) >= 11 is 0. The topological polar surface area (TPSA) is 43.4 Å². The molecule has 0 amide bonds. The van der Waals surface area contributed by atoms with Gasteiger partial charge in [0.25, 0.3) is 0 Å². The van der Waals surface area contributed by atoms with E-state index in [1.54, 1.807) is 31.4 Å². The quantitative estimate of drug-likeness (QED) is 0.773. The second kappa shape index (κ2) is 3.92. The number of rotatable bonds is 1. The summed E-state index contributed by atoms with van der Waals surface area (Å²) in [6.07, 6.45) is 6.10. The van der Waals surface area contributed by atoms with Gasteiger partial charge in [-0.3, -0.25) is 9.59 Å². The number of Topliss-reactive ketones (excluding diaryl/α,β-unsaturated/α-hetero) is 2. The molecule has 0 saturated heterocycles. The zero-order chi connectivity index (χ0) is 13.6. The molecule has 0 saturated carbocycles. The van der Waals surface area contributed by atoms with Crippen molar-refractivity contribution in [1.82, 2.24) is 0 Å². The van der Waals surface area contributed by atoms with Crippen LogP contribution in [0.5, 0.6) is 5.75 Å². The summed E-state index contributed by atoms with van der Waals surface area (Å²) in [5, 5.41) is 0. The van der Waals surface area contributed by atoms with Crippen molar-refractivity contribution in [3.8, 4) is 5.75 Å². The maximum Gasteiger partial charge on any atom is 0.190 e. The molecule has 0 aromatic heterocycles. The Morgan fingerprint density at radius 3 is 2.74 bits per heavy atom. The third-order valence-corrected chi connectivity index (χ3v) is 3.98. The Labute approximate surface area is 111 Å². The lowest BCUT2D eigenvalue weighted by Gasteiger charge is -2.35. The highest BCUT2D eigenvalue weighted by atomic mass is 16.5. The van der Waals surface area contributed by atoms with Crippen LogP contribution in [0.2, 0.25) is 0 Å². The van der Waals surface area contributed by atoms with Crippen LogP contribution in [0.15, 0.2) is 42.0 Å². The molecule has 3 rings (SSSR count). The fourth-order valence-electron chi connectivity index (χ4n) is 2.78. The van der Waals surface area contributed by atoms with E-state index in [-0.39, 0.29) is 11.6 Å². The average molecular weight is 254 g/mol. The summed E-state index contributed by atoms with van der Waals surface area (Å²) in [5.41, 5.74) is 0.812. The lowest BCUT2D eigenvalue weighted by molar-refractivity contribution is 0.0800. The van der Waals surface area contributed by atoms with Crippen LogP contribution in [0.3, 0.4) is 0 Å². The standard InChI is InChI=1S/C16H14O3/c1-16-8-4-3-5-13(16)14(17)11-7-6-10(19-2)9-12(11)15(16)18/h3-7,9H,8H2,1-2H3. The Morgan fingerprint density at radius 2 is 2.00 bits per heavy atom. The maximum atomic E-state index is 12.7. The first-order valence-corrected chi connectivity index (χ1v) is 6.23. The summed E-state index contributed by atoms with van der Waals surface area (Å²) in [6.45, 7) is 1.84. The highest BCUT2D eigenvalue weighted by Gasteiger charge is 2.46. The third kappa shape index (κ3) is 1.51. The van der Waals surface area contributed by atoms with Crippen molar-refractivity contribution < 1.29 is 14.3 Å². The molecule has 19 heavy (non-hydrogen) atoms. The Kier molecular flexibility index (Phi) is 2.45. The number of allylic oxidation sites excluding steroid dienone is 4. The van der Waals surface area contributed by atoms with E-state index < -0.39 is 5.41 Å². The van der Waals surface area contributed by atoms with Crippen molar-refractivity contribution in [2.45, 2.75) is 13.3 Å². The molecule has 1 aromatic rings. The van der Waals surface area contributed by atoms with Crippen LogP contribution in [0.1, 0.15) is 34.1 Å². The smallest absolute Gasteiger partial charge is 0.190 e. The van der Waals surface area contributed by atoms with E-state index in [0.717, 1.165) is 0 Å². The van der Waals surface area contributed by atoms with Crippen molar-refractivity contribution in [3.63, 3.8) is 0 Å². The van der Waals surface area contributed by atoms with Crippen LogP contribution >= 0.6 is 0 Å². The summed E-state index contributed by atoms with van der Waals surface area (Å²) in [5.74, 6) is 0.544. The van der Waals surface area contributed by atoms with Crippen molar-refractivity contribution in [2.24, 2.45) is 5.41 Å². The minimum Gasteiger partial charge on any atom is -0.497 e. The van der Waals surface area contributed by atoms with E-state index >= 15 is 0 Å². The van der Waals surface area contributed by atoms with Gasteiger partial charge in [0, 0.05) is 16.7 Å². The third-order valence-electron chi connectivity index (χ3n) is 3.98. The number of benzene rings is 1. The number of ketones is 2. The first kappa shape index (κ1) is 11.9. The number of methoxy groups -OCH3 is 1. The van der Waals surface area contributed by atoms with Crippen LogP contribution in [0, 0.1) is 5.41 Å². The molecule has 1 aromatic carbocycles. The fraction of sp³-hybridized carbons (Fsp3) is 0.250. The second-order valence-electron chi connectivity index (χ2n) is 5.11. The largest absolute Gasteiger partial charge is 0.497 e. The molecule has 0 heterocycles. The molecule has 0 aliphatic heterocycles. The number of hydrogen-bond acceptors (Lipinski definition) is 3. The zero-order valence-electron chi connectivity index (χ0n) is 10.9. The highest BCUT2D eigenvalue weighted by molar-refractivity contribution is 6.25. The molecule has 1 unspecified atom stereocenters. The summed E-state index contributed by atoms with van der Waals surface area (Å²) in [6, 6.07) is 5.05. The maximum absolute atomic E-state index is 12.7. The first-order chi connectivity index (χ1) is 9.08. The molecule has 96 valence electrons. The minimum absolute atomic E-state index is 0.00315. The van der Waals surface area contributed by atoms with Gasteiger partial charge in [-0.15, -0.1) is 0 Å². The SMILES string of the molecule is COc1ccc2c(c1)C(=O)C1(C)CC=CC=C1C2=O. The van der Waals surface area contributed by atoms with Crippen LogP contribution in [0.25, 0.3) is 0 Å². The molecule has 0 radical (unpaired) electrons. The van der Waals surface area contributed by atoms with Gasteiger partial charge in [0.1, 0.15) is 5.75 Å². The Hall–Kier alpha value is -2.16. The first-order valence-electron chi connectivity index (χ1n) is 6.23. The van der Waals surface area contributed by atoms with E-state index in [4.69, 9.17) is 4.74 Å². The predicted octanol–water partition coefficient (Wildman–Crippen LogP) is 2.97. The molecule has 0 N–H and O–H groups in total. The summed E-state index contributed by atoms with van der Waals surface area (Å²) in [4.78, 5) is 25.2. The van der Waals surface area contributed by atoms with Crippen LogP contribution in [-0.2, 0) is 0 Å². The molecule has 3 heteroatoms. The Bertz CT molecular complexity index is 652. The van der Waals surface area contributed by atoms with Gasteiger partial charge in [-0.1, -0.05) is 18.2 Å². The van der Waals surface area contributed by atoms with Gasteiger partial charge < -0.3 is 4.74 Å². The Morgan fingerprint density at radius 1 is 1.21 bits per heavy atom. The summed E-state index contributed by atoms with van der Waals surface area (Å²) in [7, 11) is 1.55. The van der Waals surface area contributed by atoms with Gasteiger partial charge in [0.2, 0.25) is 0 Å². The van der Waals surface area contributed by atoms with E-state index in [1.165, 1.54) is 0 Å². The van der Waals surface area contributed by atoms with Gasteiger partial charge in [0.05, 0.1) is 12.5 Å². The highest BCUT2D eigenvalue weighted by Crippen LogP contribution is 2.44. The lowest BCUT2D eigenvalue weighted by Crippen LogP contribution is -2.39. The van der Waals surface area contributed by atoms with Crippen molar-refractivity contribution in [1.29, 1.82) is 0 Å². The minimum atomic E-state index is -0.731. The lowest BCUT2D eigenvalue weighted by atomic mass is 9.64. The van der Waals surface area contributed by atoms with Crippen molar-refractivity contribution in [3.05, 3.63) is 53.1 Å². The number of carbonyl (C=O) groups excluding carboxylic acids is 2. The van der Waals surface area contributed by atoms with E-state index in [0.29, 0.717) is 28.9 Å². The number of carbonyl (C=O) groups is 2. The molecule has 0 bridgehead atoms. The van der Waals surface area contributed by atoms with Gasteiger partial charge in [0.15, 0.2) is 11.6 Å². The summed E-state index contributed by atoms with van der Waals surface area (Å²) < 4.78 is 5.14. The molecular formula is C16H14O3. The van der Waals surface area contributed by atoms with Crippen molar-refractivity contribution in [2.75, 3.05) is 7.11 Å². The number of fused-ring (bicyclic) bond motifs is 2. The van der Waals surface area contributed by atoms with Gasteiger partial charge in [-0.05, 0) is 31.5 Å². The van der Waals surface area contributed by atoms with E-state index in [9.17, 15) is 9.59 Å². The average Bonchev–Trinajstić information content (AvgIpc) is 2.44. The monoisotopic (exact) mass is 254 g/mol. The van der Waals surface area contributed by atoms with Gasteiger partial charge in [-0.2, -0.15) is 0 Å². The number of hydrogen-bond donors (Lipinski definition) is 0. The normalized spacial score (nSPS) is 24.6. The molecule has 1 atom stereocenters. The van der Waals surface area contributed by atoms with Crippen LogP contribution in [-0.4, -0.2) is 18.7 Å². The Balaban J connectivity index is 2.25. The molecule has 0 fully saturated rings. The number of ether oxygens (including phenoxy) is 1. The molecule has 0 spiro atoms. The van der Waals surface area contributed by atoms with Crippen LogP contribution < -0.4 is 4.74 Å². The van der Waals surface area contributed by atoms with Gasteiger partial charge >= 0.3 is 0 Å². The van der Waals surface area contributed by atoms with E-state index in [1.807, 2.05) is 19.1 Å². The van der Waals surface area contributed by atoms with Gasteiger partial charge in [-0.25, -0.2) is 0 Å². The van der Waals surface area contributed by atoms with Crippen molar-refractivity contribution >= 4 is 11.6 Å². The van der Waals surface area contributed by atoms with Crippen LogP contribution in [0.4, 0.5) is 0 Å². The predicted molar refractivity (Wildman–Crippen MR) is 71.6 cm³/mol.